The molecule has 0 bridgehead atoms. The lowest BCUT2D eigenvalue weighted by Gasteiger charge is -2.05. The molecule has 0 saturated carbocycles. The van der Waals surface area contributed by atoms with E-state index in [0.29, 0.717) is 12.2 Å². The molecule has 0 radical (unpaired) electrons. The highest BCUT2D eigenvalue weighted by Gasteiger charge is 2.11. The Balaban J connectivity index is 1.72. The summed E-state index contributed by atoms with van der Waals surface area (Å²) >= 11 is 0. The van der Waals surface area contributed by atoms with Gasteiger partial charge in [0.25, 0.3) is 5.91 Å². The van der Waals surface area contributed by atoms with Crippen LogP contribution in [0.25, 0.3) is 0 Å². The Morgan fingerprint density at radius 3 is 2.77 bits per heavy atom. The summed E-state index contributed by atoms with van der Waals surface area (Å²) in [6.45, 7) is 2.74. The number of carbonyl (C=O) groups is 1. The van der Waals surface area contributed by atoms with E-state index in [9.17, 15) is 4.79 Å². The molecular weight excluding hydrogens is 278 g/mol. The van der Waals surface area contributed by atoms with E-state index in [0.717, 1.165) is 24.2 Å². The highest BCUT2D eigenvalue weighted by Crippen LogP contribution is 2.09. The zero-order valence-electron chi connectivity index (χ0n) is 13.0. The average Bonchev–Trinajstić information content (AvgIpc) is 3.01. The average molecular weight is 301 g/mol. The van der Waals surface area contributed by atoms with Gasteiger partial charge in [-0.1, -0.05) is 61.7 Å². The fourth-order valence-electron chi connectivity index (χ4n) is 2.15. The van der Waals surface area contributed by atoms with E-state index in [2.05, 4.69) is 22.9 Å². The number of carbonyl (C=O) groups excluding carboxylic acids is 1. The molecule has 5 nitrogen and oxygen atoms in total. The summed E-state index contributed by atoms with van der Waals surface area (Å²) in [6.07, 6.45) is 5.51. The molecule has 5 heteroatoms. The number of hydrogen-bond donors (Lipinski definition) is 2. The van der Waals surface area contributed by atoms with Gasteiger partial charge in [-0.25, -0.2) is 5.43 Å². The normalized spacial score (nSPS) is 10.6. The first-order valence-electron chi connectivity index (χ1n) is 7.82. The van der Waals surface area contributed by atoms with Crippen molar-refractivity contribution in [1.82, 2.24) is 16.0 Å². The predicted octanol–water partition coefficient (Wildman–Crippen LogP) is 3.23. The molecular formula is C17H23N3O2. The molecule has 1 aromatic heterocycles. The minimum atomic E-state index is -0.278. The first-order chi connectivity index (χ1) is 10.8. The van der Waals surface area contributed by atoms with Gasteiger partial charge in [0.2, 0.25) is 0 Å². The Bertz CT molecular complexity index is 566. The van der Waals surface area contributed by atoms with Crippen LogP contribution in [0.2, 0.25) is 0 Å². The van der Waals surface area contributed by atoms with E-state index in [4.69, 9.17) is 4.52 Å². The molecule has 0 fully saturated rings. The van der Waals surface area contributed by atoms with Gasteiger partial charge >= 0.3 is 0 Å². The molecule has 0 atom stereocenters. The van der Waals surface area contributed by atoms with Crippen LogP contribution in [0, 0.1) is 0 Å². The molecule has 22 heavy (non-hydrogen) atoms. The molecule has 2 N–H and O–H groups in total. The maximum Gasteiger partial charge on any atom is 0.287 e. The topological polar surface area (TPSA) is 67.2 Å². The summed E-state index contributed by atoms with van der Waals surface area (Å²) in [5.41, 5.74) is 6.92. The number of unbranched alkanes of at least 4 members (excludes halogenated alkanes) is 3. The minimum Gasteiger partial charge on any atom is -0.361 e. The number of aryl methyl sites for hydroxylation is 1. The van der Waals surface area contributed by atoms with Crippen LogP contribution in [-0.2, 0) is 13.0 Å². The fraction of sp³-hybridized carbons (Fsp3) is 0.412. The van der Waals surface area contributed by atoms with Gasteiger partial charge in [-0.3, -0.25) is 10.2 Å². The Hall–Kier alpha value is -2.14. The Morgan fingerprint density at radius 1 is 1.18 bits per heavy atom. The van der Waals surface area contributed by atoms with Gasteiger partial charge in [0.1, 0.15) is 5.76 Å². The lowest BCUT2D eigenvalue weighted by Crippen LogP contribution is -2.36. The summed E-state index contributed by atoms with van der Waals surface area (Å²) in [4.78, 5) is 11.9. The minimum absolute atomic E-state index is 0.278. The number of nitrogens with zero attached hydrogens (tertiary/aromatic N) is 1. The molecule has 0 saturated heterocycles. The van der Waals surface area contributed by atoms with E-state index < -0.39 is 0 Å². The lowest BCUT2D eigenvalue weighted by atomic mass is 10.1. The van der Waals surface area contributed by atoms with Gasteiger partial charge in [0.15, 0.2) is 5.69 Å². The molecule has 1 heterocycles. The predicted molar refractivity (Wildman–Crippen MR) is 85.1 cm³/mol. The Labute approximate surface area is 131 Å². The molecule has 0 aliphatic rings. The van der Waals surface area contributed by atoms with Crippen LogP contribution in [0.5, 0.6) is 0 Å². The summed E-state index contributed by atoms with van der Waals surface area (Å²) in [5, 5.41) is 3.81. The maximum atomic E-state index is 11.9. The van der Waals surface area contributed by atoms with Crippen LogP contribution in [-0.4, -0.2) is 11.1 Å². The van der Waals surface area contributed by atoms with Crippen LogP contribution >= 0.6 is 0 Å². The molecule has 0 aliphatic carbocycles. The smallest absolute Gasteiger partial charge is 0.287 e. The van der Waals surface area contributed by atoms with E-state index in [-0.39, 0.29) is 5.91 Å². The first kappa shape index (κ1) is 16.2. The van der Waals surface area contributed by atoms with Crippen molar-refractivity contribution in [2.45, 2.75) is 45.6 Å². The number of nitrogens with one attached hydrogen (secondary N) is 2. The molecule has 1 amide bonds. The van der Waals surface area contributed by atoms with Crippen LogP contribution < -0.4 is 10.9 Å². The van der Waals surface area contributed by atoms with E-state index in [1.165, 1.54) is 19.3 Å². The van der Waals surface area contributed by atoms with Gasteiger partial charge in [-0.05, 0) is 12.0 Å². The SMILES string of the molecule is CCCCCCc1cc(C(=O)NNCc2ccccc2)no1. The zero-order valence-corrected chi connectivity index (χ0v) is 13.0. The van der Waals surface area contributed by atoms with Crippen molar-refractivity contribution in [2.75, 3.05) is 0 Å². The van der Waals surface area contributed by atoms with Crippen LogP contribution in [0.15, 0.2) is 40.9 Å². The molecule has 2 aromatic rings. The number of hydrogen-bond acceptors (Lipinski definition) is 4. The van der Waals surface area contributed by atoms with E-state index in [1.54, 1.807) is 6.07 Å². The Morgan fingerprint density at radius 2 is 2.00 bits per heavy atom. The quantitative estimate of drug-likeness (QED) is 0.551. The number of amides is 1. The van der Waals surface area contributed by atoms with Crippen molar-refractivity contribution in [3.63, 3.8) is 0 Å². The largest absolute Gasteiger partial charge is 0.361 e. The molecule has 118 valence electrons. The second kappa shape index (κ2) is 9.00. The van der Waals surface area contributed by atoms with Crippen molar-refractivity contribution in [2.24, 2.45) is 0 Å². The molecule has 0 spiro atoms. The number of rotatable bonds is 9. The lowest BCUT2D eigenvalue weighted by molar-refractivity contribution is 0.0923. The molecule has 0 aliphatic heterocycles. The summed E-state index contributed by atoms with van der Waals surface area (Å²) in [6, 6.07) is 11.6. The second-order valence-electron chi connectivity index (χ2n) is 5.28. The second-order valence-corrected chi connectivity index (χ2v) is 5.28. The van der Waals surface area contributed by atoms with Gasteiger partial charge in [-0.15, -0.1) is 0 Å². The van der Waals surface area contributed by atoms with Crippen molar-refractivity contribution >= 4 is 5.91 Å². The summed E-state index contributed by atoms with van der Waals surface area (Å²) in [7, 11) is 0. The van der Waals surface area contributed by atoms with E-state index in [1.807, 2.05) is 30.3 Å². The van der Waals surface area contributed by atoms with Crippen LogP contribution in [0.4, 0.5) is 0 Å². The fourth-order valence-corrected chi connectivity index (χ4v) is 2.15. The van der Waals surface area contributed by atoms with Crippen LogP contribution in [0.1, 0.15) is 54.4 Å². The standard InChI is InChI=1S/C17H23N3O2/c1-2-3-4-8-11-15-12-16(20-22-15)17(21)19-18-13-14-9-6-5-7-10-14/h5-7,9-10,12,18H,2-4,8,11,13H2,1H3,(H,19,21). The summed E-state index contributed by atoms with van der Waals surface area (Å²) < 4.78 is 5.19. The third kappa shape index (κ3) is 5.33. The van der Waals surface area contributed by atoms with Gasteiger partial charge < -0.3 is 4.52 Å². The van der Waals surface area contributed by atoms with Crippen molar-refractivity contribution in [1.29, 1.82) is 0 Å². The van der Waals surface area contributed by atoms with Crippen molar-refractivity contribution in [3.8, 4) is 0 Å². The third-order valence-corrected chi connectivity index (χ3v) is 3.41. The van der Waals surface area contributed by atoms with Gasteiger partial charge in [0.05, 0.1) is 0 Å². The highest BCUT2D eigenvalue weighted by molar-refractivity contribution is 5.91. The number of hydrazine groups is 1. The van der Waals surface area contributed by atoms with E-state index >= 15 is 0 Å². The number of aromatic nitrogens is 1. The molecule has 2 rings (SSSR count). The molecule has 0 unspecified atom stereocenters. The van der Waals surface area contributed by atoms with Gasteiger partial charge in [-0.2, -0.15) is 0 Å². The highest BCUT2D eigenvalue weighted by atomic mass is 16.5. The van der Waals surface area contributed by atoms with Gasteiger partial charge in [0, 0.05) is 19.0 Å². The third-order valence-electron chi connectivity index (χ3n) is 3.41. The zero-order chi connectivity index (χ0) is 15.6. The Kier molecular flexibility index (Phi) is 6.64. The van der Waals surface area contributed by atoms with Crippen LogP contribution in [0.3, 0.4) is 0 Å². The monoisotopic (exact) mass is 301 g/mol. The number of benzene rings is 1. The summed E-state index contributed by atoms with van der Waals surface area (Å²) in [5.74, 6) is 0.490. The first-order valence-corrected chi connectivity index (χ1v) is 7.82. The molecule has 1 aromatic carbocycles. The van der Waals surface area contributed by atoms with Crippen molar-refractivity contribution < 1.29 is 9.32 Å². The maximum absolute atomic E-state index is 11.9. The van der Waals surface area contributed by atoms with Crippen molar-refractivity contribution in [3.05, 3.63) is 53.4 Å².